The summed E-state index contributed by atoms with van der Waals surface area (Å²) in [5.41, 5.74) is 2.90. The Morgan fingerprint density at radius 1 is 1.47 bits per heavy atom. The zero-order chi connectivity index (χ0) is 13.3. The molecule has 104 valence electrons. The van der Waals surface area contributed by atoms with E-state index in [9.17, 15) is 4.79 Å². The van der Waals surface area contributed by atoms with E-state index in [1.54, 1.807) is 6.20 Å². The van der Waals surface area contributed by atoms with Gasteiger partial charge in [0.15, 0.2) is 0 Å². The summed E-state index contributed by atoms with van der Waals surface area (Å²) in [7, 11) is 2.09. The first kappa shape index (κ1) is 12.6. The average molecular weight is 264 g/mol. The maximum Gasteiger partial charge on any atom is 0.236 e. The van der Waals surface area contributed by atoms with Gasteiger partial charge < -0.3 is 15.1 Å². The minimum atomic E-state index is -0.107. The fraction of sp³-hybridized carbons (Fsp3) is 0.750. The molecule has 1 saturated heterocycles. The van der Waals surface area contributed by atoms with Crippen molar-refractivity contribution in [2.75, 3.05) is 39.8 Å². The van der Waals surface area contributed by atoms with Gasteiger partial charge in [0.1, 0.15) is 0 Å². The Morgan fingerprint density at radius 2 is 2.26 bits per heavy atom. The minimum Gasteiger partial charge on any atom is -0.339 e. The Balaban J connectivity index is 1.42. The first-order valence-corrected chi connectivity index (χ1v) is 6.74. The first-order valence-electron chi connectivity index (χ1n) is 6.74. The van der Waals surface area contributed by atoms with Crippen molar-refractivity contribution in [3.63, 3.8) is 0 Å². The molecule has 0 radical (unpaired) electrons. The quantitative estimate of drug-likeness (QED) is 0.710. The fourth-order valence-electron chi connectivity index (χ4n) is 2.58. The fourth-order valence-corrected chi connectivity index (χ4v) is 2.58. The van der Waals surface area contributed by atoms with E-state index >= 15 is 0 Å². The number of hydrogen-bond acceptors (Lipinski definition) is 6. The summed E-state index contributed by atoms with van der Waals surface area (Å²) in [5.74, 6) is 0.191. The third kappa shape index (κ3) is 2.62. The Labute approximate surface area is 112 Å². The summed E-state index contributed by atoms with van der Waals surface area (Å²) in [6.07, 6.45) is 4.68. The molecular formula is C12H20N6O. The van der Waals surface area contributed by atoms with E-state index in [0.717, 1.165) is 32.6 Å². The summed E-state index contributed by atoms with van der Waals surface area (Å²) in [6.45, 7) is 3.99. The third-order valence-electron chi connectivity index (χ3n) is 4.11. The molecule has 2 N–H and O–H groups in total. The number of likely N-dealkylation sites (N-methyl/N-ethyl adjacent to an activating group) is 1. The van der Waals surface area contributed by atoms with Crippen molar-refractivity contribution in [1.82, 2.24) is 20.5 Å². The molecule has 19 heavy (non-hydrogen) atoms. The lowest BCUT2D eigenvalue weighted by molar-refractivity contribution is -0.131. The zero-order valence-electron chi connectivity index (χ0n) is 11.2. The van der Waals surface area contributed by atoms with Crippen LogP contribution in [-0.4, -0.2) is 67.1 Å². The molecule has 2 fully saturated rings. The van der Waals surface area contributed by atoms with Crippen LogP contribution in [0.15, 0.2) is 22.6 Å². The molecular weight excluding hydrogens is 244 g/mol. The van der Waals surface area contributed by atoms with Crippen LogP contribution in [0.3, 0.4) is 0 Å². The van der Waals surface area contributed by atoms with Gasteiger partial charge in [-0.3, -0.25) is 10.2 Å². The Kier molecular flexibility index (Phi) is 3.24. The number of nitrogens with one attached hydrogen (secondary N) is 2. The Bertz CT molecular complexity index is 414. The second-order valence-electron chi connectivity index (χ2n) is 5.51. The van der Waals surface area contributed by atoms with Gasteiger partial charge >= 0.3 is 0 Å². The van der Waals surface area contributed by atoms with Gasteiger partial charge in [-0.25, -0.2) is 0 Å². The largest absolute Gasteiger partial charge is 0.339 e. The molecule has 0 unspecified atom stereocenters. The lowest BCUT2D eigenvalue weighted by Crippen LogP contribution is -2.50. The lowest BCUT2D eigenvalue weighted by Gasteiger charge is -2.32. The van der Waals surface area contributed by atoms with Crippen molar-refractivity contribution < 1.29 is 4.79 Å². The Morgan fingerprint density at radius 3 is 2.95 bits per heavy atom. The maximum atomic E-state index is 12.1. The molecule has 3 aliphatic rings. The monoisotopic (exact) mass is 264 g/mol. The number of hydrogen-bond donors (Lipinski definition) is 2. The highest BCUT2D eigenvalue weighted by molar-refractivity contribution is 5.78. The van der Waals surface area contributed by atoms with Crippen LogP contribution in [0.4, 0.5) is 0 Å². The number of carbonyl (C=O) groups is 1. The highest BCUT2D eigenvalue weighted by Gasteiger charge is 2.53. The molecule has 2 atom stereocenters. The normalized spacial score (nSPS) is 33.5. The van der Waals surface area contributed by atoms with Crippen molar-refractivity contribution in [1.29, 1.82) is 0 Å². The second kappa shape index (κ2) is 4.90. The standard InChI is InChI=1S/C12H20N6O/c1-17-4-6-18(7-5-17)11(19)9-13-10-8-12(10)2-3-14-16-15-12/h2-3,10,13H,4-9H2,1H3,(H,14,15)/t10-,12-/m1/s1. The van der Waals surface area contributed by atoms with E-state index in [2.05, 4.69) is 33.0 Å². The van der Waals surface area contributed by atoms with E-state index in [0.29, 0.717) is 6.54 Å². The molecule has 1 spiro atoms. The van der Waals surface area contributed by atoms with Crippen LogP contribution in [0.5, 0.6) is 0 Å². The summed E-state index contributed by atoms with van der Waals surface area (Å²) in [4.78, 5) is 16.3. The van der Waals surface area contributed by atoms with E-state index < -0.39 is 0 Å². The molecule has 0 bridgehead atoms. The van der Waals surface area contributed by atoms with Crippen LogP contribution in [0.25, 0.3) is 0 Å². The van der Waals surface area contributed by atoms with Gasteiger partial charge in [0.2, 0.25) is 5.91 Å². The van der Waals surface area contributed by atoms with E-state index in [1.165, 1.54) is 0 Å². The molecule has 0 aromatic carbocycles. The summed E-state index contributed by atoms with van der Waals surface area (Å²) in [6, 6.07) is 0.277. The van der Waals surface area contributed by atoms with Gasteiger partial charge in [0.05, 0.1) is 12.1 Å². The van der Waals surface area contributed by atoms with Gasteiger partial charge in [0.25, 0.3) is 0 Å². The third-order valence-corrected chi connectivity index (χ3v) is 4.11. The van der Waals surface area contributed by atoms with Crippen LogP contribution in [0, 0.1) is 0 Å². The zero-order valence-corrected chi connectivity index (χ0v) is 11.2. The van der Waals surface area contributed by atoms with Gasteiger partial charge in [-0.15, -0.1) is 5.11 Å². The number of rotatable bonds is 3. The highest BCUT2D eigenvalue weighted by atomic mass is 16.2. The van der Waals surface area contributed by atoms with Crippen molar-refractivity contribution in [2.24, 2.45) is 10.3 Å². The number of amides is 1. The summed E-state index contributed by atoms with van der Waals surface area (Å²) in [5, 5.41) is 10.9. The lowest BCUT2D eigenvalue weighted by atomic mass is 10.2. The first-order chi connectivity index (χ1) is 9.20. The highest BCUT2D eigenvalue weighted by Crippen LogP contribution is 2.38. The molecule has 1 amide bonds. The van der Waals surface area contributed by atoms with Crippen LogP contribution in [0.1, 0.15) is 6.42 Å². The Hall–Kier alpha value is -1.47. The topological polar surface area (TPSA) is 72.3 Å². The molecule has 1 saturated carbocycles. The number of piperazine rings is 1. The predicted octanol–water partition coefficient (Wildman–Crippen LogP) is -0.655. The van der Waals surface area contributed by atoms with Gasteiger partial charge in [-0.05, 0) is 19.5 Å². The van der Waals surface area contributed by atoms with Crippen LogP contribution in [-0.2, 0) is 4.79 Å². The second-order valence-corrected chi connectivity index (χ2v) is 5.51. The molecule has 0 aromatic heterocycles. The van der Waals surface area contributed by atoms with Crippen LogP contribution >= 0.6 is 0 Å². The maximum absolute atomic E-state index is 12.1. The molecule has 1 aliphatic carbocycles. The van der Waals surface area contributed by atoms with Crippen molar-refractivity contribution >= 4 is 5.91 Å². The van der Waals surface area contributed by atoms with Gasteiger partial charge in [-0.1, -0.05) is 5.22 Å². The number of nitrogens with zero attached hydrogens (tertiary/aromatic N) is 4. The molecule has 7 heteroatoms. The SMILES string of the molecule is CN1CCN(C(=O)CN[C@@H]2C[C@]23C=CN=NN3)CC1. The molecule has 2 heterocycles. The van der Waals surface area contributed by atoms with E-state index in [1.807, 2.05) is 11.0 Å². The number of carbonyl (C=O) groups excluding carboxylic acids is 1. The van der Waals surface area contributed by atoms with E-state index in [-0.39, 0.29) is 17.5 Å². The minimum absolute atomic E-state index is 0.107. The molecule has 7 nitrogen and oxygen atoms in total. The van der Waals surface area contributed by atoms with Crippen molar-refractivity contribution in [3.8, 4) is 0 Å². The molecule has 3 rings (SSSR count). The van der Waals surface area contributed by atoms with E-state index in [4.69, 9.17) is 0 Å². The summed E-state index contributed by atoms with van der Waals surface area (Å²) >= 11 is 0. The predicted molar refractivity (Wildman–Crippen MR) is 70.3 cm³/mol. The van der Waals surface area contributed by atoms with Gasteiger partial charge in [-0.2, -0.15) is 0 Å². The van der Waals surface area contributed by atoms with Crippen LogP contribution < -0.4 is 10.7 Å². The smallest absolute Gasteiger partial charge is 0.236 e. The van der Waals surface area contributed by atoms with Gasteiger partial charge in [0, 0.05) is 38.4 Å². The average Bonchev–Trinajstić information content (AvgIpc) is 3.10. The van der Waals surface area contributed by atoms with Crippen LogP contribution in [0.2, 0.25) is 0 Å². The van der Waals surface area contributed by atoms with Crippen molar-refractivity contribution in [2.45, 2.75) is 18.0 Å². The van der Waals surface area contributed by atoms with Crippen molar-refractivity contribution in [3.05, 3.63) is 12.3 Å². The molecule has 2 aliphatic heterocycles. The summed E-state index contributed by atoms with van der Waals surface area (Å²) < 4.78 is 0. The molecule has 0 aromatic rings.